The van der Waals surface area contributed by atoms with Crippen molar-refractivity contribution in [1.82, 2.24) is 15.6 Å². The number of amides is 3. The standard InChI is InChI=1S/C25H30N4O3/c1-5-8-20-22(23(30)15(2)3)18-12-11-16(13-21(18)28-20)24(31)27-14-17-9-6-7-10-19(17)29-25(32)26-4/h6-7,9-13,15,28H,5,8,14H2,1-4H3,(H,27,31)(H2,26,29,32). The Kier molecular flexibility index (Phi) is 7.30. The number of Topliss-reactive ketones (excluding diaryl/α,β-unsaturated/α-hetero) is 1. The first-order valence-electron chi connectivity index (χ1n) is 10.9. The molecule has 7 heteroatoms. The molecular formula is C25H30N4O3. The highest BCUT2D eigenvalue weighted by molar-refractivity contribution is 6.11. The van der Waals surface area contributed by atoms with Gasteiger partial charge in [-0.2, -0.15) is 0 Å². The molecule has 32 heavy (non-hydrogen) atoms. The third-order valence-corrected chi connectivity index (χ3v) is 5.34. The summed E-state index contributed by atoms with van der Waals surface area (Å²) in [5.74, 6) is -0.224. The number of urea groups is 1. The summed E-state index contributed by atoms with van der Waals surface area (Å²) in [6.07, 6.45) is 1.70. The number of nitrogens with one attached hydrogen (secondary N) is 4. The van der Waals surface area contributed by atoms with Gasteiger partial charge in [-0.05, 0) is 30.2 Å². The first kappa shape index (κ1) is 23.1. The maximum atomic E-state index is 12.8. The lowest BCUT2D eigenvalue weighted by Crippen LogP contribution is -2.27. The van der Waals surface area contributed by atoms with Crippen molar-refractivity contribution in [3.8, 4) is 0 Å². The summed E-state index contributed by atoms with van der Waals surface area (Å²) in [4.78, 5) is 40.6. The van der Waals surface area contributed by atoms with Crippen LogP contribution in [-0.4, -0.2) is 29.8 Å². The van der Waals surface area contributed by atoms with Gasteiger partial charge >= 0.3 is 6.03 Å². The van der Waals surface area contributed by atoms with Crippen LogP contribution < -0.4 is 16.0 Å². The van der Waals surface area contributed by atoms with Crippen LogP contribution in [0.5, 0.6) is 0 Å². The fourth-order valence-corrected chi connectivity index (χ4v) is 3.66. The molecule has 0 fully saturated rings. The smallest absolute Gasteiger partial charge is 0.318 e. The Balaban J connectivity index is 1.82. The third-order valence-electron chi connectivity index (χ3n) is 5.34. The van der Waals surface area contributed by atoms with Gasteiger partial charge in [-0.1, -0.05) is 51.5 Å². The van der Waals surface area contributed by atoms with E-state index in [2.05, 4.69) is 27.9 Å². The van der Waals surface area contributed by atoms with Gasteiger partial charge in [0, 0.05) is 52.9 Å². The quantitative estimate of drug-likeness (QED) is 0.388. The summed E-state index contributed by atoms with van der Waals surface area (Å²) in [7, 11) is 1.54. The fraction of sp³-hybridized carbons (Fsp3) is 0.320. The van der Waals surface area contributed by atoms with Crippen LogP contribution in [0.3, 0.4) is 0 Å². The van der Waals surface area contributed by atoms with Gasteiger partial charge in [-0.3, -0.25) is 9.59 Å². The number of anilines is 1. The molecule has 0 bridgehead atoms. The zero-order valence-electron chi connectivity index (χ0n) is 19.0. The van der Waals surface area contributed by atoms with E-state index in [1.54, 1.807) is 25.2 Å². The van der Waals surface area contributed by atoms with Crippen molar-refractivity contribution >= 4 is 34.3 Å². The average Bonchev–Trinajstić information content (AvgIpc) is 3.14. The van der Waals surface area contributed by atoms with Gasteiger partial charge in [-0.25, -0.2) is 4.79 Å². The topological polar surface area (TPSA) is 103 Å². The van der Waals surface area contributed by atoms with Gasteiger partial charge < -0.3 is 20.9 Å². The van der Waals surface area contributed by atoms with Crippen molar-refractivity contribution in [2.24, 2.45) is 5.92 Å². The van der Waals surface area contributed by atoms with Crippen molar-refractivity contribution in [2.45, 2.75) is 40.2 Å². The van der Waals surface area contributed by atoms with E-state index in [0.29, 0.717) is 11.3 Å². The van der Waals surface area contributed by atoms with Gasteiger partial charge in [-0.15, -0.1) is 0 Å². The molecule has 2 aromatic carbocycles. The number of benzene rings is 2. The number of hydrogen-bond donors (Lipinski definition) is 4. The van der Waals surface area contributed by atoms with Crippen molar-refractivity contribution < 1.29 is 14.4 Å². The van der Waals surface area contributed by atoms with Crippen molar-refractivity contribution in [3.05, 3.63) is 64.8 Å². The number of carbonyl (C=O) groups is 3. The molecule has 3 aromatic rings. The maximum Gasteiger partial charge on any atom is 0.318 e. The van der Waals surface area contributed by atoms with Crippen LogP contribution in [0.1, 0.15) is 59.2 Å². The molecule has 7 nitrogen and oxygen atoms in total. The Labute approximate surface area is 188 Å². The van der Waals surface area contributed by atoms with E-state index < -0.39 is 0 Å². The number of aromatic amines is 1. The molecule has 1 aromatic heterocycles. The molecule has 4 N–H and O–H groups in total. The number of aromatic nitrogens is 1. The molecule has 0 radical (unpaired) electrons. The SMILES string of the molecule is CCCc1[nH]c2cc(C(=O)NCc3ccccc3NC(=O)NC)ccc2c1C(=O)C(C)C. The predicted octanol–water partition coefficient (Wildman–Crippen LogP) is 4.64. The average molecular weight is 435 g/mol. The third kappa shape index (κ3) is 4.99. The highest BCUT2D eigenvalue weighted by Gasteiger charge is 2.21. The van der Waals surface area contributed by atoms with E-state index in [1.165, 1.54) is 0 Å². The van der Waals surface area contributed by atoms with Gasteiger partial charge in [0.2, 0.25) is 0 Å². The van der Waals surface area contributed by atoms with Gasteiger partial charge in [0.1, 0.15) is 0 Å². The number of hydrogen-bond acceptors (Lipinski definition) is 3. The Morgan fingerprint density at radius 1 is 1.06 bits per heavy atom. The summed E-state index contributed by atoms with van der Waals surface area (Å²) in [5, 5.41) is 9.02. The molecule has 3 amide bonds. The molecule has 0 saturated heterocycles. The second-order valence-electron chi connectivity index (χ2n) is 8.05. The number of carbonyl (C=O) groups excluding carboxylic acids is 3. The molecule has 1 heterocycles. The van der Waals surface area contributed by atoms with Gasteiger partial charge in [0.05, 0.1) is 0 Å². The zero-order chi connectivity index (χ0) is 23.3. The molecular weight excluding hydrogens is 404 g/mol. The van der Waals surface area contributed by atoms with Crippen LogP contribution in [0.25, 0.3) is 10.9 Å². The number of rotatable bonds is 8. The van der Waals surface area contributed by atoms with E-state index >= 15 is 0 Å². The number of H-pyrrole nitrogens is 1. The van der Waals surface area contributed by atoms with Crippen molar-refractivity contribution in [2.75, 3.05) is 12.4 Å². The van der Waals surface area contributed by atoms with Gasteiger partial charge in [0.15, 0.2) is 5.78 Å². The summed E-state index contributed by atoms with van der Waals surface area (Å²) in [5.41, 5.74) is 4.37. The molecule has 0 atom stereocenters. The molecule has 3 rings (SSSR count). The molecule has 0 saturated carbocycles. The minimum atomic E-state index is -0.324. The lowest BCUT2D eigenvalue weighted by molar-refractivity contribution is 0.0936. The van der Waals surface area contributed by atoms with Crippen LogP contribution in [0, 0.1) is 5.92 Å². The zero-order valence-corrected chi connectivity index (χ0v) is 19.0. The number of ketones is 1. The Morgan fingerprint density at radius 2 is 1.81 bits per heavy atom. The van der Waals surface area contributed by atoms with E-state index in [0.717, 1.165) is 40.6 Å². The monoisotopic (exact) mass is 434 g/mol. The first-order chi connectivity index (χ1) is 15.3. The van der Waals surface area contributed by atoms with E-state index in [1.807, 2.05) is 38.1 Å². The minimum Gasteiger partial charge on any atom is -0.358 e. The fourth-order valence-electron chi connectivity index (χ4n) is 3.66. The van der Waals surface area contributed by atoms with Crippen LogP contribution >= 0.6 is 0 Å². The number of fused-ring (bicyclic) bond motifs is 1. The van der Waals surface area contributed by atoms with Gasteiger partial charge in [0.25, 0.3) is 5.91 Å². The van der Waals surface area contributed by atoms with E-state index in [-0.39, 0.29) is 30.2 Å². The second kappa shape index (κ2) is 10.1. The summed E-state index contributed by atoms with van der Waals surface area (Å²) in [6.45, 7) is 6.13. The molecule has 168 valence electrons. The van der Waals surface area contributed by atoms with Crippen LogP contribution in [0.2, 0.25) is 0 Å². The highest BCUT2D eigenvalue weighted by Crippen LogP contribution is 2.27. The first-order valence-corrected chi connectivity index (χ1v) is 10.9. The Hall–Kier alpha value is -3.61. The molecule has 0 unspecified atom stereocenters. The van der Waals surface area contributed by atoms with E-state index in [9.17, 15) is 14.4 Å². The largest absolute Gasteiger partial charge is 0.358 e. The van der Waals surface area contributed by atoms with Crippen LogP contribution in [-0.2, 0) is 13.0 Å². The summed E-state index contributed by atoms with van der Waals surface area (Å²) in [6, 6.07) is 12.4. The normalized spacial score (nSPS) is 10.9. The second-order valence-corrected chi connectivity index (χ2v) is 8.05. The Bertz CT molecular complexity index is 1150. The highest BCUT2D eigenvalue weighted by atomic mass is 16.2. The van der Waals surface area contributed by atoms with Crippen LogP contribution in [0.4, 0.5) is 10.5 Å². The molecule has 0 aliphatic carbocycles. The minimum absolute atomic E-state index is 0.101. The predicted molar refractivity (Wildman–Crippen MR) is 127 cm³/mol. The Morgan fingerprint density at radius 3 is 2.50 bits per heavy atom. The van der Waals surface area contributed by atoms with Crippen molar-refractivity contribution in [1.29, 1.82) is 0 Å². The maximum absolute atomic E-state index is 12.8. The van der Waals surface area contributed by atoms with Crippen LogP contribution in [0.15, 0.2) is 42.5 Å². The molecule has 0 aliphatic rings. The lowest BCUT2D eigenvalue weighted by Gasteiger charge is -2.12. The molecule has 0 spiro atoms. The van der Waals surface area contributed by atoms with Crippen molar-refractivity contribution in [3.63, 3.8) is 0 Å². The van der Waals surface area contributed by atoms with E-state index in [4.69, 9.17) is 0 Å². The summed E-state index contributed by atoms with van der Waals surface area (Å²) < 4.78 is 0. The number of para-hydroxylation sites is 1. The summed E-state index contributed by atoms with van der Waals surface area (Å²) >= 11 is 0. The molecule has 0 aliphatic heterocycles. The lowest BCUT2D eigenvalue weighted by atomic mass is 9.96. The number of aryl methyl sites for hydroxylation is 1.